The molecule has 0 aliphatic heterocycles. The largest absolute Gasteiger partial charge is 0.407 e. The predicted molar refractivity (Wildman–Crippen MR) is 71.3 cm³/mol. The highest BCUT2D eigenvalue weighted by atomic mass is 16.4. The molecule has 0 saturated heterocycles. The Morgan fingerprint density at radius 2 is 2.11 bits per heavy atom. The van der Waals surface area contributed by atoms with Gasteiger partial charge >= 0.3 is 6.01 Å². The van der Waals surface area contributed by atoms with Gasteiger partial charge in [0.1, 0.15) is 0 Å². The first-order chi connectivity index (χ1) is 8.48. The Bertz CT molecular complexity index is 383. The van der Waals surface area contributed by atoms with Crippen LogP contribution in [0, 0.1) is 5.92 Å². The zero-order valence-corrected chi connectivity index (χ0v) is 11.8. The average molecular weight is 252 g/mol. The summed E-state index contributed by atoms with van der Waals surface area (Å²) in [6.07, 6.45) is 3.75. The lowest BCUT2D eigenvalue weighted by Crippen LogP contribution is -2.35. The first-order valence-corrected chi connectivity index (χ1v) is 6.82. The van der Waals surface area contributed by atoms with Crippen LogP contribution < -0.4 is 10.6 Å². The van der Waals surface area contributed by atoms with Crippen molar-refractivity contribution < 1.29 is 4.42 Å². The Labute approximate surface area is 109 Å². The minimum atomic E-state index is 0.0603. The maximum Gasteiger partial charge on any atom is 0.315 e. The summed E-state index contributed by atoms with van der Waals surface area (Å²) in [5.41, 5.74) is 0.0603. The van der Waals surface area contributed by atoms with Gasteiger partial charge in [0.2, 0.25) is 5.89 Å². The minimum Gasteiger partial charge on any atom is -0.407 e. The lowest BCUT2D eigenvalue weighted by molar-refractivity contribution is 0.383. The molecule has 1 aliphatic carbocycles. The van der Waals surface area contributed by atoms with Crippen LogP contribution >= 0.6 is 0 Å². The summed E-state index contributed by atoms with van der Waals surface area (Å²) in [5, 5.41) is 14.7. The summed E-state index contributed by atoms with van der Waals surface area (Å²) < 4.78 is 5.56. The van der Waals surface area contributed by atoms with Gasteiger partial charge in [0.25, 0.3) is 0 Å². The van der Waals surface area contributed by atoms with Crippen LogP contribution in [0.3, 0.4) is 0 Å². The van der Waals surface area contributed by atoms with Crippen molar-refractivity contribution in [2.45, 2.75) is 65.1 Å². The summed E-state index contributed by atoms with van der Waals surface area (Å²) in [4.78, 5) is 0. The molecular weight excluding hydrogens is 228 g/mol. The number of aromatic nitrogens is 2. The molecule has 18 heavy (non-hydrogen) atoms. The van der Waals surface area contributed by atoms with E-state index in [9.17, 15) is 0 Å². The Morgan fingerprint density at radius 3 is 2.78 bits per heavy atom. The summed E-state index contributed by atoms with van der Waals surface area (Å²) in [7, 11) is 0. The van der Waals surface area contributed by atoms with Crippen LogP contribution in [0.4, 0.5) is 6.01 Å². The fraction of sp³-hybridized carbons (Fsp3) is 0.846. The van der Waals surface area contributed by atoms with E-state index in [2.05, 4.69) is 48.5 Å². The third-order valence-electron chi connectivity index (χ3n) is 3.13. The van der Waals surface area contributed by atoms with Crippen molar-refractivity contribution in [1.82, 2.24) is 15.5 Å². The van der Waals surface area contributed by atoms with E-state index in [4.69, 9.17) is 4.42 Å². The number of hydrogen-bond donors (Lipinski definition) is 2. The molecule has 2 atom stereocenters. The van der Waals surface area contributed by atoms with Crippen molar-refractivity contribution in [3.05, 3.63) is 5.89 Å². The molecule has 1 fully saturated rings. The van der Waals surface area contributed by atoms with E-state index in [1.807, 2.05) is 0 Å². The van der Waals surface area contributed by atoms with E-state index in [0.29, 0.717) is 24.5 Å². The van der Waals surface area contributed by atoms with Crippen LogP contribution in [0.5, 0.6) is 0 Å². The van der Waals surface area contributed by atoms with E-state index in [1.54, 1.807) is 0 Å². The molecule has 2 unspecified atom stereocenters. The van der Waals surface area contributed by atoms with Gasteiger partial charge in [-0.15, -0.1) is 5.10 Å². The van der Waals surface area contributed by atoms with Crippen LogP contribution in [-0.4, -0.2) is 21.8 Å². The minimum absolute atomic E-state index is 0.0603. The van der Waals surface area contributed by atoms with Crippen LogP contribution in [0.1, 0.15) is 52.8 Å². The lowest BCUT2D eigenvalue weighted by atomic mass is 10.1. The predicted octanol–water partition coefficient (Wildman–Crippen LogP) is 2.56. The van der Waals surface area contributed by atoms with Gasteiger partial charge in [0, 0.05) is 11.6 Å². The first-order valence-electron chi connectivity index (χ1n) is 6.82. The topological polar surface area (TPSA) is 63.0 Å². The molecule has 0 aromatic carbocycles. The third kappa shape index (κ3) is 3.98. The van der Waals surface area contributed by atoms with E-state index < -0.39 is 0 Å². The highest BCUT2D eigenvalue weighted by Gasteiger charge is 2.37. The standard InChI is InChI=1S/C13H24N4O/c1-5-6-9-7-10(9)15-12-17-16-11(18-12)8-14-13(2,3)4/h9-10,14H,5-8H2,1-4H3,(H,15,17). The van der Waals surface area contributed by atoms with Crippen molar-refractivity contribution in [2.24, 2.45) is 5.92 Å². The van der Waals surface area contributed by atoms with Crippen LogP contribution in [-0.2, 0) is 6.54 Å². The van der Waals surface area contributed by atoms with Gasteiger partial charge in [0.05, 0.1) is 6.54 Å². The molecule has 1 heterocycles. The van der Waals surface area contributed by atoms with Crippen molar-refractivity contribution >= 4 is 6.01 Å². The normalized spacial score (nSPS) is 23.1. The Hall–Kier alpha value is -1.10. The van der Waals surface area contributed by atoms with Gasteiger partial charge < -0.3 is 15.1 Å². The van der Waals surface area contributed by atoms with Gasteiger partial charge in [-0.05, 0) is 39.5 Å². The molecule has 2 rings (SSSR count). The second-order valence-electron chi connectivity index (χ2n) is 6.14. The number of rotatable bonds is 6. The summed E-state index contributed by atoms with van der Waals surface area (Å²) in [6.45, 7) is 9.17. The van der Waals surface area contributed by atoms with E-state index in [1.165, 1.54) is 19.3 Å². The number of anilines is 1. The SMILES string of the molecule is CCCC1CC1Nc1nnc(CNC(C)(C)C)o1. The molecule has 1 aromatic heterocycles. The van der Waals surface area contributed by atoms with Crippen molar-refractivity contribution in [1.29, 1.82) is 0 Å². The van der Waals surface area contributed by atoms with Crippen molar-refractivity contribution in [3.8, 4) is 0 Å². The quantitative estimate of drug-likeness (QED) is 0.814. The van der Waals surface area contributed by atoms with Gasteiger partial charge in [-0.25, -0.2) is 0 Å². The number of nitrogens with zero attached hydrogens (tertiary/aromatic N) is 2. The number of nitrogens with one attached hydrogen (secondary N) is 2. The maximum absolute atomic E-state index is 5.56. The number of hydrogen-bond acceptors (Lipinski definition) is 5. The molecule has 0 amide bonds. The zero-order valence-electron chi connectivity index (χ0n) is 11.8. The molecule has 0 bridgehead atoms. The van der Waals surface area contributed by atoms with Gasteiger partial charge in [-0.2, -0.15) is 0 Å². The summed E-state index contributed by atoms with van der Waals surface area (Å²) in [6, 6.07) is 1.10. The van der Waals surface area contributed by atoms with Crippen LogP contribution in [0.15, 0.2) is 4.42 Å². The zero-order chi connectivity index (χ0) is 13.2. The van der Waals surface area contributed by atoms with Gasteiger partial charge in [-0.1, -0.05) is 18.4 Å². The Morgan fingerprint density at radius 1 is 1.33 bits per heavy atom. The second-order valence-corrected chi connectivity index (χ2v) is 6.14. The molecule has 0 radical (unpaired) electrons. The Kier molecular flexibility index (Phi) is 3.90. The highest BCUT2D eigenvalue weighted by molar-refractivity contribution is 5.24. The fourth-order valence-corrected chi connectivity index (χ4v) is 2.00. The average Bonchev–Trinajstić information content (AvgIpc) is 2.84. The molecule has 0 spiro atoms. The first kappa shape index (κ1) is 13.3. The van der Waals surface area contributed by atoms with Crippen LogP contribution in [0.25, 0.3) is 0 Å². The molecule has 5 nitrogen and oxygen atoms in total. The summed E-state index contributed by atoms with van der Waals surface area (Å²) in [5.74, 6) is 1.43. The van der Waals surface area contributed by atoms with E-state index in [-0.39, 0.29) is 5.54 Å². The van der Waals surface area contributed by atoms with Crippen LogP contribution in [0.2, 0.25) is 0 Å². The third-order valence-corrected chi connectivity index (χ3v) is 3.13. The Balaban J connectivity index is 1.77. The second kappa shape index (κ2) is 5.26. The summed E-state index contributed by atoms with van der Waals surface area (Å²) >= 11 is 0. The molecular formula is C13H24N4O. The van der Waals surface area contributed by atoms with Gasteiger partial charge in [-0.3, -0.25) is 0 Å². The lowest BCUT2D eigenvalue weighted by Gasteiger charge is -2.18. The smallest absolute Gasteiger partial charge is 0.315 e. The monoisotopic (exact) mass is 252 g/mol. The maximum atomic E-state index is 5.56. The molecule has 1 aromatic rings. The van der Waals surface area contributed by atoms with Crippen molar-refractivity contribution in [2.75, 3.05) is 5.32 Å². The van der Waals surface area contributed by atoms with Crippen molar-refractivity contribution in [3.63, 3.8) is 0 Å². The van der Waals surface area contributed by atoms with E-state index >= 15 is 0 Å². The molecule has 1 aliphatic rings. The molecule has 5 heteroatoms. The van der Waals surface area contributed by atoms with Gasteiger partial charge in [0.15, 0.2) is 0 Å². The fourth-order valence-electron chi connectivity index (χ4n) is 2.00. The molecule has 1 saturated carbocycles. The van der Waals surface area contributed by atoms with E-state index in [0.717, 1.165) is 5.92 Å². The molecule has 2 N–H and O–H groups in total. The highest BCUT2D eigenvalue weighted by Crippen LogP contribution is 2.36. The molecule has 102 valence electrons.